The van der Waals surface area contributed by atoms with Gasteiger partial charge in [-0.2, -0.15) is 0 Å². The Hall–Kier alpha value is -1.98. The van der Waals surface area contributed by atoms with E-state index in [-0.39, 0.29) is 0 Å². The van der Waals surface area contributed by atoms with E-state index in [9.17, 15) is 4.79 Å². The Morgan fingerprint density at radius 1 is 1.42 bits per heavy atom. The van der Waals surface area contributed by atoms with Crippen molar-refractivity contribution in [2.75, 3.05) is 24.1 Å². The van der Waals surface area contributed by atoms with Gasteiger partial charge in [-0.1, -0.05) is 0 Å². The average molecular weight is 266 g/mol. The molecule has 1 amide bonds. The lowest BCUT2D eigenvalue weighted by molar-refractivity contribution is 0.0530. The second-order valence-corrected chi connectivity index (χ2v) is 5.28. The van der Waals surface area contributed by atoms with Crippen LogP contribution in [0.1, 0.15) is 26.3 Å². The third kappa shape index (κ3) is 5.94. The SMILES string of the molecule is Cc1cc(NCCNC(=O)OC(C)(C)C)ncc1N. The summed E-state index contributed by atoms with van der Waals surface area (Å²) in [6.45, 7) is 8.42. The maximum atomic E-state index is 11.4. The van der Waals surface area contributed by atoms with Crippen LogP contribution >= 0.6 is 0 Å². The Balaban J connectivity index is 2.27. The lowest BCUT2D eigenvalue weighted by atomic mass is 10.2. The molecule has 0 radical (unpaired) electrons. The van der Waals surface area contributed by atoms with Crippen molar-refractivity contribution in [2.24, 2.45) is 0 Å². The summed E-state index contributed by atoms with van der Waals surface area (Å²) in [6.07, 6.45) is 1.19. The molecule has 1 rings (SSSR count). The lowest BCUT2D eigenvalue weighted by Gasteiger charge is -2.19. The van der Waals surface area contributed by atoms with Gasteiger partial charge in [0.1, 0.15) is 11.4 Å². The molecule has 1 heterocycles. The summed E-state index contributed by atoms with van der Waals surface area (Å²) in [7, 11) is 0. The van der Waals surface area contributed by atoms with Gasteiger partial charge < -0.3 is 21.1 Å². The number of carbonyl (C=O) groups is 1. The van der Waals surface area contributed by atoms with Crippen molar-refractivity contribution in [3.05, 3.63) is 17.8 Å². The number of nitrogens with two attached hydrogens (primary N) is 1. The first-order chi connectivity index (χ1) is 8.78. The third-order valence-electron chi connectivity index (χ3n) is 2.25. The number of hydrogen-bond acceptors (Lipinski definition) is 5. The highest BCUT2D eigenvalue weighted by Crippen LogP contribution is 2.12. The highest BCUT2D eigenvalue weighted by atomic mass is 16.6. The molecule has 1 aromatic rings. The van der Waals surface area contributed by atoms with Crippen LogP contribution in [-0.4, -0.2) is 29.8 Å². The Labute approximate surface area is 113 Å². The quantitative estimate of drug-likeness (QED) is 0.724. The van der Waals surface area contributed by atoms with Crippen molar-refractivity contribution in [3.8, 4) is 0 Å². The van der Waals surface area contributed by atoms with E-state index in [0.717, 1.165) is 11.4 Å². The first-order valence-electron chi connectivity index (χ1n) is 6.21. The van der Waals surface area contributed by atoms with Gasteiger partial charge in [0.05, 0.1) is 11.9 Å². The molecule has 0 saturated carbocycles. The zero-order valence-corrected chi connectivity index (χ0v) is 11.9. The van der Waals surface area contributed by atoms with E-state index in [4.69, 9.17) is 10.5 Å². The smallest absolute Gasteiger partial charge is 0.407 e. The molecular weight excluding hydrogens is 244 g/mol. The zero-order valence-electron chi connectivity index (χ0n) is 11.9. The first kappa shape index (κ1) is 15.1. The summed E-state index contributed by atoms with van der Waals surface area (Å²) in [4.78, 5) is 15.5. The lowest BCUT2D eigenvalue weighted by Crippen LogP contribution is -2.35. The fourth-order valence-electron chi connectivity index (χ4n) is 1.33. The number of anilines is 2. The highest BCUT2D eigenvalue weighted by Gasteiger charge is 2.15. The number of rotatable bonds is 4. The van der Waals surface area contributed by atoms with Crippen LogP contribution in [0.5, 0.6) is 0 Å². The number of aromatic nitrogens is 1. The summed E-state index contributed by atoms with van der Waals surface area (Å²) >= 11 is 0. The van der Waals surface area contributed by atoms with Crippen LogP contribution in [0.2, 0.25) is 0 Å². The minimum Gasteiger partial charge on any atom is -0.444 e. The second-order valence-electron chi connectivity index (χ2n) is 5.28. The number of nitrogens with one attached hydrogen (secondary N) is 2. The molecule has 0 bridgehead atoms. The van der Waals surface area contributed by atoms with E-state index < -0.39 is 11.7 Å². The molecular formula is C13H22N4O2. The molecule has 19 heavy (non-hydrogen) atoms. The maximum Gasteiger partial charge on any atom is 0.407 e. The van der Waals surface area contributed by atoms with E-state index in [1.165, 1.54) is 0 Å². The standard InChI is InChI=1S/C13H22N4O2/c1-9-7-11(17-8-10(9)14)15-5-6-16-12(18)19-13(2,3)4/h7-8H,5-6,14H2,1-4H3,(H,15,17)(H,16,18). The molecule has 6 heteroatoms. The van der Waals surface area contributed by atoms with E-state index in [0.29, 0.717) is 18.8 Å². The Morgan fingerprint density at radius 3 is 2.68 bits per heavy atom. The Bertz CT molecular complexity index is 441. The van der Waals surface area contributed by atoms with Crippen LogP contribution in [0, 0.1) is 6.92 Å². The van der Waals surface area contributed by atoms with E-state index in [1.807, 2.05) is 33.8 Å². The van der Waals surface area contributed by atoms with Crippen molar-refractivity contribution < 1.29 is 9.53 Å². The molecule has 0 saturated heterocycles. The Kier molecular flexibility index (Phi) is 4.97. The third-order valence-corrected chi connectivity index (χ3v) is 2.25. The second kappa shape index (κ2) is 6.26. The minimum absolute atomic E-state index is 0.421. The number of alkyl carbamates (subject to hydrolysis) is 1. The summed E-state index contributed by atoms with van der Waals surface area (Å²) in [5.74, 6) is 0.734. The molecule has 106 valence electrons. The molecule has 4 N–H and O–H groups in total. The average Bonchev–Trinajstić information content (AvgIpc) is 2.27. The van der Waals surface area contributed by atoms with Crippen LogP contribution in [0.15, 0.2) is 12.3 Å². The van der Waals surface area contributed by atoms with Gasteiger partial charge in [-0.3, -0.25) is 0 Å². The Morgan fingerprint density at radius 2 is 2.11 bits per heavy atom. The topological polar surface area (TPSA) is 89.3 Å². The maximum absolute atomic E-state index is 11.4. The van der Waals surface area contributed by atoms with E-state index in [2.05, 4.69) is 15.6 Å². The number of carbonyl (C=O) groups excluding carboxylic acids is 1. The van der Waals surface area contributed by atoms with Gasteiger partial charge in [0, 0.05) is 13.1 Å². The van der Waals surface area contributed by atoms with Crippen LogP contribution in [0.25, 0.3) is 0 Å². The molecule has 0 spiro atoms. The van der Waals surface area contributed by atoms with E-state index in [1.54, 1.807) is 6.20 Å². The summed E-state index contributed by atoms with van der Waals surface area (Å²) in [6, 6.07) is 1.86. The molecule has 0 aliphatic rings. The largest absolute Gasteiger partial charge is 0.444 e. The number of hydrogen-bond donors (Lipinski definition) is 3. The number of nitrogens with zero attached hydrogens (tertiary/aromatic N) is 1. The minimum atomic E-state index is -0.479. The normalized spacial score (nSPS) is 10.9. The van der Waals surface area contributed by atoms with Gasteiger partial charge >= 0.3 is 6.09 Å². The number of amides is 1. The van der Waals surface area contributed by atoms with Gasteiger partial charge in [0.25, 0.3) is 0 Å². The summed E-state index contributed by atoms with van der Waals surface area (Å²) in [5.41, 5.74) is 6.83. The molecule has 0 atom stereocenters. The van der Waals surface area contributed by atoms with Crippen molar-refractivity contribution in [2.45, 2.75) is 33.3 Å². The number of aryl methyl sites for hydroxylation is 1. The van der Waals surface area contributed by atoms with Gasteiger partial charge in [-0.05, 0) is 39.3 Å². The van der Waals surface area contributed by atoms with Crippen molar-refractivity contribution in [1.82, 2.24) is 10.3 Å². The van der Waals surface area contributed by atoms with Gasteiger partial charge in [0.2, 0.25) is 0 Å². The molecule has 0 unspecified atom stereocenters. The molecule has 1 aromatic heterocycles. The van der Waals surface area contributed by atoms with Gasteiger partial charge in [-0.25, -0.2) is 9.78 Å². The van der Waals surface area contributed by atoms with Crippen LogP contribution in [-0.2, 0) is 4.74 Å². The van der Waals surface area contributed by atoms with Crippen molar-refractivity contribution in [3.63, 3.8) is 0 Å². The molecule has 0 fully saturated rings. The monoisotopic (exact) mass is 266 g/mol. The van der Waals surface area contributed by atoms with Crippen LogP contribution in [0.3, 0.4) is 0 Å². The fraction of sp³-hybridized carbons (Fsp3) is 0.538. The predicted molar refractivity (Wildman–Crippen MR) is 76.1 cm³/mol. The van der Waals surface area contributed by atoms with Gasteiger partial charge in [0.15, 0.2) is 0 Å². The summed E-state index contributed by atoms with van der Waals surface area (Å²) < 4.78 is 5.11. The number of ether oxygens (including phenoxy) is 1. The first-order valence-corrected chi connectivity index (χ1v) is 6.21. The predicted octanol–water partition coefficient (Wildman–Crippen LogP) is 1.91. The van der Waals surface area contributed by atoms with E-state index >= 15 is 0 Å². The zero-order chi connectivity index (χ0) is 14.5. The van der Waals surface area contributed by atoms with Gasteiger partial charge in [-0.15, -0.1) is 0 Å². The fourth-order valence-corrected chi connectivity index (χ4v) is 1.33. The summed E-state index contributed by atoms with van der Waals surface area (Å²) in [5, 5.41) is 5.75. The number of pyridine rings is 1. The molecule has 0 aliphatic carbocycles. The van der Waals surface area contributed by atoms with Crippen molar-refractivity contribution in [1.29, 1.82) is 0 Å². The molecule has 6 nitrogen and oxygen atoms in total. The molecule has 0 aliphatic heterocycles. The van der Waals surface area contributed by atoms with Crippen LogP contribution in [0.4, 0.5) is 16.3 Å². The number of nitrogen functional groups attached to an aromatic ring is 1. The van der Waals surface area contributed by atoms with Crippen LogP contribution < -0.4 is 16.4 Å². The highest BCUT2D eigenvalue weighted by molar-refractivity contribution is 5.67. The molecule has 0 aromatic carbocycles. The van der Waals surface area contributed by atoms with Crippen molar-refractivity contribution >= 4 is 17.6 Å².